The van der Waals surface area contributed by atoms with Crippen molar-refractivity contribution in [3.8, 4) is 5.75 Å². The van der Waals surface area contributed by atoms with Crippen LogP contribution in [0.15, 0.2) is 24.3 Å². The molecule has 0 heterocycles. The first-order chi connectivity index (χ1) is 15.8. The number of primary amides is 1. The van der Waals surface area contributed by atoms with Crippen molar-refractivity contribution in [2.75, 3.05) is 0 Å². The molecule has 4 atom stereocenters. The summed E-state index contributed by atoms with van der Waals surface area (Å²) in [6, 6.07) is 1.56. The molecule has 0 radical (unpaired) electrons. The van der Waals surface area contributed by atoms with E-state index in [0.29, 0.717) is 0 Å². The third-order valence-electron chi connectivity index (χ3n) is 4.84. The summed E-state index contributed by atoms with van der Waals surface area (Å²) < 4.78 is 0. The summed E-state index contributed by atoms with van der Waals surface area (Å²) in [5.41, 5.74) is 11.7. The quantitative estimate of drug-likeness (QED) is 0.181. The predicted octanol–water partition coefficient (Wildman–Crippen LogP) is -1.26. The van der Waals surface area contributed by atoms with Gasteiger partial charge in [-0.05, 0) is 43.4 Å². The van der Waals surface area contributed by atoms with Crippen molar-refractivity contribution in [1.82, 2.24) is 16.0 Å². The first-order valence-electron chi connectivity index (χ1n) is 10.8. The second kappa shape index (κ2) is 13.1. The van der Waals surface area contributed by atoms with Gasteiger partial charge in [0.2, 0.25) is 23.6 Å². The molecule has 34 heavy (non-hydrogen) atoms. The van der Waals surface area contributed by atoms with Crippen molar-refractivity contribution in [1.29, 1.82) is 0 Å². The van der Waals surface area contributed by atoms with Crippen LogP contribution in [-0.2, 0) is 30.4 Å². The van der Waals surface area contributed by atoms with Gasteiger partial charge in [-0.25, -0.2) is 4.79 Å². The van der Waals surface area contributed by atoms with Gasteiger partial charge < -0.3 is 37.6 Å². The van der Waals surface area contributed by atoms with E-state index in [1.807, 2.05) is 13.8 Å². The highest BCUT2D eigenvalue weighted by molar-refractivity contribution is 5.94. The second-order valence-corrected chi connectivity index (χ2v) is 8.47. The summed E-state index contributed by atoms with van der Waals surface area (Å²) in [4.78, 5) is 59.9. The van der Waals surface area contributed by atoms with E-state index >= 15 is 0 Å². The van der Waals surface area contributed by atoms with Crippen LogP contribution in [0, 0.1) is 5.92 Å². The van der Waals surface area contributed by atoms with Crippen LogP contribution in [0.25, 0.3) is 0 Å². The fraction of sp³-hybridized carbons (Fsp3) is 0.500. The molecule has 1 aromatic rings. The van der Waals surface area contributed by atoms with Gasteiger partial charge in [0.25, 0.3) is 0 Å². The zero-order valence-corrected chi connectivity index (χ0v) is 19.4. The Morgan fingerprint density at radius 1 is 0.882 bits per heavy atom. The van der Waals surface area contributed by atoms with Crippen LogP contribution in [-0.4, -0.2) is 64.0 Å². The van der Waals surface area contributed by atoms with Crippen LogP contribution in [0.4, 0.5) is 0 Å². The first-order valence-corrected chi connectivity index (χ1v) is 10.8. The summed E-state index contributed by atoms with van der Waals surface area (Å²) in [6.07, 6.45) is -0.165. The van der Waals surface area contributed by atoms with E-state index < -0.39 is 60.2 Å². The topological polar surface area (TPSA) is 214 Å². The lowest BCUT2D eigenvalue weighted by molar-refractivity contribution is -0.143. The van der Waals surface area contributed by atoms with E-state index in [1.165, 1.54) is 19.1 Å². The zero-order valence-electron chi connectivity index (χ0n) is 19.4. The molecule has 4 unspecified atom stereocenters. The number of aromatic hydroxyl groups is 1. The second-order valence-electron chi connectivity index (χ2n) is 8.47. The molecule has 1 aromatic carbocycles. The van der Waals surface area contributed by atoms with Crippen molar-refractivity contribution in [3.05, 3.63) is 29.8 Å². The van der Waals surface area contributed by atoms with Gasteiger partial charge in [0, 0.05) is 0 Å². The maximum Gasteiger partial charge on any atom is 0.326 e. The van der Waals surface area contributed by atoms with Gasteiger partial charge in [-0.15, -0.1) is 0 Å². The van der Waals surface area contributed by atoms with Gasteiger partial charge in [-0.3, -0.25) is 19.2 Å². The number of carbonyl (C=O) groups is 5. The SMILES string of the molecule is CC(C)CC(NC(=O)C(N)Cc1ccc(O)cc1)C(=O)NC(C)C(=O)NC(CC(N)=O)C(=O)O. The van der Waals surface area contributed by atoms with E-state index in [-0.39, 0.29) is 24.5 Å². The van der Waals surface area contributed by atoms with Crippen LogP contribution in [0.1, 0.15) is 39.2 Å². The van der Waals surface area contributed by atoms with Gasteiger partial charge in [0.05, 0.1) is 12.5 Å². The molecule has 0 aliphatic carbocycles. The van der Waals surface area contributed by atoms with Crippen molar-refractivity contribution >= 4 is 29.6 Å². The minimum atomic E-state index is -1.53. The van der Waals surface area contributed by atoms with Crippen molar-refractivity contribution in [2.24, 2.45) is 17.4 Å². The minimum Gasteiger partial charge on any atom is -0.508 e. The normalized spacial score (nSPS) is 14.4. The summed E-state index contributed by atoms with van der Waals surface area (Å²) in [6.45, 7) is 5.03. The lowest BCUT2D eigenvalue weighted by atomic mass is 10.0. The number of nitrogens with one attached hydrogen (secondary N) is 3. The highest BCUT2D eigenvalue weighted by Gasteiger charge is 2.29. The summed E-state index contributed by atoms with van der Waals surface area (Å²) in [5.74, 6) is -4.31. The van der Waals surface area contributed by atoms with E-state index in [1.54, 1.807) is 12.1 Å². The van der Waals surface area contributed by atoms with Gasteiger partial charge in [0.1, 0.15) is 23.9 Å². The molecule has 0 saturated heterocycles. The Morgan fingerprint density at radius 2 is 1.44 bits per heavy atom. The summed E-state index contributed by atoms with van der Waals surface area (Å²) >= 11 is 0. The Labute approximate surface area is 197 Å². The third-order valence-corrected chi connectivity index (χ3v) is 4.84. The number of rotatable bonds is 13. The van der Waals surface area contributed by atoms with E-state index in [0.717, 1.165) is 5.56 Å². The Balaban J connectivity index is 2.78. The molecule has 0 aliphatic rings. The number of nitrogens with two attached hydrogens (primary N) is 2. The zero-order chi connectivity index (χ0) is 26.0. The molecule has 0 aromatic heterocycles. The Bertz CT molecular complexity index is 888. The molecular formula is C22H33N5O7. The molecule has 0 aliphatic heterocycles. The highest BCUT2D eigenvalue weighted by atomic mass is 16.4. The Kier molecular flexibility index (Phi) is 11.0. The largest absolute Gasteiger partial charge is 0.508 e. The number of carbonyl (C=O) groups excluding carboxylic acids is 4. The Hall–Kier alpha value is -3.67. The van der Waals surface area contributed by atoms with Crippen LogP contribution in [0.3, 0.4) is 0 Å². The summed E-state index contributed by atoms with van der Waals surface area (Å²) in [7, 11) is 0. The smallest absolute Gasteiger partial charge is 0.326 e. The van der Waals surface area contributed by atoms with Crippen LogP contribution >= 0.6 is 0 Å². The lowest BCUT2D eigenvalue weighted by Gasteiger charge is -2.24. The highest BCUT2D eigenvalue weighted by Crippen LogP contribution is 2.11. The van der Waals surface area contributed by atoms with Crippen LogP contribution < -0.4 is 27.4 Å². The molecule has 4 amide bonds. The average Bonchev–Trinajstić information content (AvgIpc) is 2.73. The lowest BCUT2D eigenvalue weighted by Crippen LogP contribution is -2.57. The maximum absolute atomic E-state index is 12.8. The first kappa shape index (κ1) is 28.4. The molecule has 0 fully saturated rings. The van der Waals surface area contributed by atoms with E-state index in [2.05, 4.69) is 16.0 Å². The van der Waals surface area contributed by atoms with Gasteiger partial charge in [0.15, 0.2) is 0 Å². The van der Waals surface area contributed by atoms with Crippen LogP contribution in [0.2, 0.25) is 0 Å². The average molecular weight is 480 g/mol. The van der Waals surface area contributed by atoms with Gasteiger partial charge in [-0.2, -0.15) is 0 Å². The fourth-order valence-corrected chi connectivity index (χ4v) is 3.04. The van der Waals surface area contributed by atoms with E-state index in [4.69, 9.17) is 16.6 Å². The van der Waals surface area contributed by atoms with Gasteiger partial charge >= 0.3 is 5.97 Å². The minimum absolute atomic E-state index is 0.0143. The number of hydrogen-bond donors (Lipinski definition) is 7. The molecule has 0 bridgehead atoms. The fourth-order valence-electron chi connectivity index (χ4n) is 3.04. The number of aliphatic carboxylic acids is 1. The van der Waals surface area contributed by atoms with Crippen LogP contribution in [0.5, 0.6) is 5.75 Å². The third kappa shape index (κ3) is 9.86. The number of phenolic OH excluding ortho intramolecular Hbond substituents is 1. The monoisotopic (exact) mass is 479 g/mol. The molecule has 0 saturated carbocycles. The number of carboxylic acids is 1. The number of benzene rings is 1. The van der Waals surface area contributed by atoms with Crippen molar-refractivity contribution in [3.63, 3.8) is 0 Å². The number of hydrogen-bond acceptors (Lipinski definition) is 7. The molecule has 188 valence electrons. The maximum atomic E-state index is 12.8. The molecule has 12 heteroatoms. The molecule has 12 nitrogen and oxygen atoms in total. The molecule has 1 rings (SSSR count). The van der Waals surface area contributed by atoms with Crippen molar-refractivity contribution in [2.45, 2.75) is 64.2 Å². The number of amides is 4. The summed E-state index contributed by atoms with van der Waals surface area (Å²) in [5, 5.41) is 25.6. The number of phenols is 1. The van der Waals surface area contributed by atoms with Crippen molar-refractivity contribution < 1.29 is 34.2 Å². The van der Waals surface area contributed by atoms with Gasteiger partial charge in [-0.1, -0.05) is 26.0 Å². The molecule has 0 spiro atoms. The standard InChI is InChI=1S/C22H33N5O7/c1-11(2)8-16(26-20(31)15(23)9-13-4-6-14(28)7-5-13)21(32)25-12(3)19(30)27-17(22(33)34)10-18(24)29/h4-7,11-12,15-17,28H,8-10,23H2,1-3H3,(H2,24,29)(H,25,32)(H,26,31)(H,27,30)(H,33,34). The molecular weight excluding hydrogens is 446 g/mol. The molecule has 9 N–H and O–H groups in total. The van der Waals surface area contributed by atoms with E-state index in [9.17, 15) is 29.1 Å². The Morgan fingerprint density at radius 3 is 1.94 bits per heavy atom. The number of carboxylic acid groups (broad SMARTS) is 1. The predicted molar refractivity (Wildman–Crippen MR) is 122 cm³/mol.